The second-order valence-corrected chi connectivity index (χ2v) is 7.08. The summed E-state index contributed by atoms with van der Waals surface area (Å²) in [4.78, 5) is 29.2. The second-order valence-electron chi connectivity index (χ2n) is 7.08. The number of carbonyl (C=O) groups excluding carboxylic acids is 1. The zero-order chi connectivity index (χ0) is 21.1. The Bertz CT molecular complexity index is 1040. The maximum absolute atomic E-state index is 11.8. The Balaban J connectivity index is 1.50. The van der Waals surface area contributed by atoms with E-state index in [9.17, 15) is 14.9 Å². The fraction of sp³-hybridized carbons (Fsp3) is 0.333. The number of hydrogen-bond acceptors (Lipinski definition) is 7. The minimum absolute atomic E-state index is 0.0320. The molecule has 0 atom stereocenters. The van der Waals surface area contributed by atoms with Gasteiger partial charge in [0.15, 0.2) is 5.58 Å². The molecule has 4 rings (SSSR count). The summed E-state index contributed by atoms with van der Waals surface area (Å²) in [5, 5.41) is 14.9. The Hall–Kier alpha value is -3.62. The predicted molar refractivity (Wildman–Crippen MR) is 111 cm³/mol. The normalized spacial score (nSPS) is 14.6. The number of rotatable bonds is 5. The number of aromatic nitrogens is 1. The van der Waals surface area contributed by atoms with E-state index in [4.69, 9.17) is 9.15 Å². The van der Waals surface area contributed by atoms with E-state index in [2.05, 4.69) is 10.3 Å². The Labute approximate surface area is 172 Å². The van der Waals surface area contributed by atoms with Crippen LogP contribution in [-0.2, 0) is 4.74 Å². The van der Waals surface area contributed by atoms with E-state index in [1.54, 1.807) is 30.0 Å². The van der Waals surface area contributed by atoms with Crippen LogP contribution in [0, 0.1) is 10.1 Å². The lowest BCUT2D eigenvalue weighted by molar-refractivity contribution is -0.383. The highest BCUT2D eigenvalue weighted by atomic mass is 16.6. The van der Waals surface area contributed by atoms with Crippen molar-refractivity contribution in [1.29, 1.82) is 0 Å². The molecule has 9 heteroatoms. The average molecular weight is 410 g/mol. The van der Waals surface area contributed by atoms with Gasteiger partial charge in [0.25, 0.3) is 5.69 Å². The number of nitrogens with zero attached hydrogens (tertiary/aromatic N) is 3. The number of anilines is 1. The molecule has 0 unspecified atom stereocenters. The molecule has 3 aromatic rings. The Morgan fingerprint density at radius 1 is 1.30 bits per heavy atom. The van der Waals surface area contributed by atoms with Crippen LogP contribution in [0.25, 0.3) is 22.6 Å². The first-order valence-corrected chi connectivity index (χ1v) is 9.87. The first-order valence-electron chi connectivity index (χ1n) is 9.87. The molecule has 1 saturated heterocycles. The monoisotopic (exact) mass is 410 g/mol. The van der Waals surface area contributed by atoms with Crippen LogP contribution >= 0.6 is 0 Å². The number of fused-ring (bicyclic) bond motifs is 1. The lowest BCUT2D eigenvalue weighted by atomic mass is 10.0. The molecule has 30 heavy (non-hydrogen) atoms. The molecular formula is C21H22N4O5. The van der Waals surface area contributed by atoms with Gasteiger partial charge in [-0.15, -0.1) is 0 Å². The molecule has 2 aromatic carbocycles. The van der Waals surface area contributed by atoms with E-state index < -0.39 is 4.92 Å². The summed E-state index contributed by atoms with van der Waals surface area (Å²) in [7, 11) is 0. The number of nitro groups is 1. The summed E-state index contributed by atoms with van der Waals surface area (Å²) in [6.07, 6.45) is 1.05. The van der Waals surface area contributed by atoms with Crippen molar-refractivity contribution in [1.82, 2.24) is 9.88 Å². The minimum Gasteiger partial charge on any atom is -0.450 e. The van der Waals surface area contributed by atoms with Gasteiger partial charge in [0.05, 0.1) is 11.5 Å². The first kappa shape index (κ1) is 19.7. The molecule has 0 aliphatic carbocycles. The number of ether oxygens (including phenoxy) is 1. The van der Waals surface area contributed by atoms with E-state index in [1.165, 1.54) is 6.07 Å². The number of nitrogens with one attached hydrogen (secondary N) is 1. The smallest absolute Gasteiger partial charge is 0.409 e. The van der Waals surface area contributed by atoms with Crippen molar-refractivity contribution in [2.24, 2.45) is 0 Å². The topological polar surface area (TPSA) is 111 Å². The van der Waals surface area contributed by atoms with Crippen LogP contribution in [0.5, 0.6) is 0 Å². The molecule has 0 radical (unpaired) electrons. The van der Waals surface area contributed by atoms with Crippen molar-refractivity contribution in [3.8, 4) is 11.5 Å². The van der Waals surface area contributed by atoms with Gasteiger partial charge in [-0.2, -0.15) is 0 Å². The van der Waals surface area contributed by atoms with Crippen molar-refractivity contribution in [2.45, 2.75) is 25.8 Å². The fourth-order valence-corrected chi connectivity index (χ4v) is 3.57. The van der Waals surface area contributed by atoms with Gasteiger partial charge in [-0.05, 0) is 44.0 Å². The van der Waals surface area contributed by atoms with E-state index in [0.29, 0.717) is 60.8 Å². The number of hydrogen-bond donors (Lipinski definition) is 1. The summed E-state index contributed by atoms with van der Waals surface area (Å²) in [5.74, 6) is 0.341. The van der Waals surface area contributed by atoms with Crippen LogP contribution in [0.15, 0.2) is 46.9 Å². The molecular weight excluding hydrogens is 388 g/mol. The van der Waals surface area contributed by atoms with E-state index in [1.807, 2.05) is 18.2 Å². The van der Waals surface area contributed by atoms with Gasteiger partial charge in [-0.3, -0.25) is 10.1 Å². The van der Waals surface area contributed by atoms with Gasteiger partial charge < -0.3 is 19.4 Å². The van der Waals surface area contributed by atoms with Crippen molar-refractivity contribution in [3.63, 3.8) is 0 Å². The largest absolute Gasteiger partial charge is 0.450 e. The number of carbonyl (C=O) groups is 1. The third-order valence-electron chi connectivity index (χ3n) is 5.12. The van der Waals surface area contributed by atoms with Gasteiger partial charge in [0.2, 0.25) is 5.89 Å². The fourth-order valence-electron chi connectivity index (χ4n) is 3.57. The second kappa shape index (κ2) is 8.40. The van der Waals surface area contributed by atoms with Crippen LogP contribution in [0.4, 0.5) is 16.2 Å². The third-order valence-corrected chi connectivity index (χ3v) is 5.12. The van der Waals surface area contributed by atoms with Crippen molar-refractivity contribution in [2.75, 3.05) is 25.0 Å². The molecule has 9 nitrogen and oxygen atoms in total. The lowest BCUT2D eigenvalue weighted by Gasteiger charge is -2.32. The van der Waals surface area contributed by atoms with Crippen molar-refractivity contribution < 1.29 is 18.9 Å². The molecule has 2 heterocycles. The van der Waals surface area contributed by atoms with E-state index in [0.717, 1.165) is 0 Å². The summed E-state index contributed by atoms with van der Waals surface area (Å²) >= 11 is 0. The summed E-state index contributed by atoms with van der Waals surface area (Å²) in [6.45, 7) is 3.21. The maximum Gasteiger partial charge on any atom is 0.409 e. The maximum atomic E-state index is 11.8. The van der Waals surface area contributed by atoms with Gasteiger partial charge in [0.1, 0.15) is 11.2 Å². The molecule has 0 spiro atoms. The summed E-state index contributed by atoms with van der Waals surface area (Å²) < 4.78 is 10.8. The van der Waals surface area contributed by atoms with E-state index >= 15 is 0 Å². The van der Waals surface area contributed by atoms with Crippen LogP contribution in [0.1, 0.15) is 19.8 Å². The highest BCUT2D eigenvalue weighted by Crippen LogP contribution is 2.33. The standard InChI is InChI=1S/C21H22N4O5/c1-2-29-21(26)24-11-9-15(10-12-24)22-16-8-7-14(13-18(16)25(27)28)20-23-17-5-3-4-6-19(17)30-20/h3-8,13,15,22H,2,9-12H2,1H3. The quantitative estimate of drug-likeness (QED) is 0.489. The van der Waals surface area contributed by atoms with Gasteiger partial charge in [-0.1, -0.05) is 12.1 Å². The van der Waals surface area contributed by atoms with Crippen LogP contribution < -0.4 is 5.32 Å². The molecule has 1 aliphatic heterocycles. The molecule has 1 amide bonds. The molecule has 1 N–H and O–H groups in total. The van der Waals surface area contributed by atoms with Gasteiger partial charge >= 0.3 is 6.09 Å². The molecule has 0 bridgehead atoms. The molecule has 1 aromatic heterocycles. The van der Waals surface area contributed by atoms with Crippen LogP contribution in [0.2, 0.25) is 0 Å². The lowest BCUT2D eigenvalue weighted by Crippen LogP contribution is -2.42. The average Bonchev–Trinajstić information content (AvgIpc) is 3.19. The SMILES string of the molecule is CCOC(=O)N1CCC(Nc2ccc(-c3nc4ccccc4o3)cc2[N+](=O)[O-])CC1. The van der Waals surface area contributed by atoms with Crippen LogP contribution in [0.3, 0.4) is 0 Å². The molecule has 1 fully saturated rings. The number of likely N-dealkylation sites (tertiary alicyclic amines) is 1. The number of nitro benzene ring substituents is 1. The number of amides is 1. The minimum atomic E-state index is -0.414. The highest BCUT2D eigenvalue weighted by Gasteiger charge is 2.26. The zero-order valence-electron chi connectivity index (χ0n) is 16.5. The Kier molecular flexibility index (Phi) is 5.51. The van der Waals surface area contributed by atoms with Crippen LogP contribution in [-0.4, -0.2) is 46.6 Å². The molecule has 0 saturated carbocycles. The molecule has 156 valence electrons. The van der Waals surface area contributed by atoms with Gasteiger partial charge in [-0.25, -0.2) is 9.78 Å². The summed E-state index contributed by atoms with van der Waals surface area (Å²) in [5.41, 5.74) is 2.27. The van der Waals surface area contributed by atoms with Gasteiger partial charge in [0, 0.05) is 30.8 Å². The zero-order valence-corrected chi connectivity index (χ0v) is 16.5. The number of para-hydroxylation sites is 2. The van der Waals surface area contributed by atoms with Crippen molar-refractivity contribution >= 4 is 28.6 Å². The number of oxazole rings is 1. The van der Waals surface area contributed by atoms with Crippen molar-refractivity contribution in [3.05, 3.63) is 52.6 Å². The first-order chi connectivity index (χ1) is 14.5. The number of piperidine rings is 1. The van der Waals surface area contributed by atoms with E-state index in [-0.39, 0.29) is 17.8 Å². The predicted octanol–water partition coefficient (Wildman–Crippen LogP) is 4.44. The number of benzene rings is 2. The Morgan fingerprint density at radius 3 is 2.77 bits per heavy atom. The Morgan fingerprint density at radius 2 is 2.07 bits per heavy atom. The highest BCUT2D eigenvalue weighted by molar-refractivity contribution is 5.78. The third kappa shape index (κ3) is 4.05. The summed E-state index contributed by atoms with van der Waals surface area (Å²) in [6, 6.07) is 12.3. The molecule has 1 aliphatic rings.